The third kappa shape index (κ3) is 5.48. The number of hydrogen-bond donors (Lipinski definition) is 1. The van der Waals surface area contributed by atoms with Gasteiger partial charge in [0.15, 0.2) is 0 Å². The first-order chi connectivity index (χ1) is 13.6. The second kappa shape index (κ2) is 9.59. The van der Waals surface area contributed by atoms with Crippen molar-refractivity contribution >= 4 is 5.95 Å². The van der Waals surface area contributed by atoms with Gasteiger partial charge in [-0.25, -0.2) is 0 Å². The molecule has 28 heavy (non-hydrogen) atoms. The molecule has 0 aliphatic carbocycles. The molecule has 7 nitrogen and oxygen atoms in total. The van der Waals surface area contributed by atoms with Gasteiger partial charge in [0.1, 0.15) is 11.9 Å². The van der Waals surface area contributed by atoms with E-state index in [0.29, 0.717) is 17.7 Å². The number of aryl methyl sites for hydroxylation is 2. The molecule has 0 unspecified atom stereocenters. The standard InChI is InChI=1S/C21H30N4O3/c1-15-5-6-18(13-16(15)2)28-17-7-10-25(11-8-17)12-9-22-21-23-19(26-3)14-20(24-21)27-4/h5-6,13-14,17H,7-12H2,1-4H3,(H,22,23,24). The molecule has 0 radical (unpaired) electrons. The lowest BCUT2D eigenvalue weighted by Gasteiger charge is -2.32. The second-order valence-corrected chi connectivity index (χ2v) is 7.11. The van der Waals surface area contributed by atoms with Gasteiger partial charge in [-0.05, 0) is 49.9 Å². The van der Waals surface area contributed by atoms with Gasteiger partial charge in [0.25, 0.3) is 0 Å². The summed E-state index contributed by atoms with van der Waals surface area (Å²) in [4.78, 5) is 11.0. The molecule has 2 aromatic rings. The maximum absolute atomic E-state index is 6.17. The van der Waals surface area contributed by atoms with Crippen molar-refractivity contribution in [1.29, 1.82) is 0 Å². The number of anilines is 1. The van der Waals surface area contributed by atoms with E-state index >= 15 is 0 Å². The van der Waals surface area contributed by atoms with Crippen molar-refractivity contribution in [2.45, 2.75) is 32.8 Å². The fraction of sp³-hybridized carbons (Fsp3) is 0.524. The Bertz CT molecular complexity index is 754. The van der Waals surface area contributed by atoms with E-state index in [-0.39, 0.29) is 6.10 Å². The van der Waals surface area contributed by atoms with Crippen LogP contribution in [0.15, 0.2) is 24.3 Å². The van der Waals surface area contributed by atoms with Crippen LogP contribution in [-0.4, -0.2) is 61.4 Å². The van der Waals surface area contributed by atoms with E-state index in [1.165, 1.54) is 11.1 Å². The van der Waals surface area contributed by atoms with Crippen LogP contribution in [0, 0.1) is 13.8 Å². The highest BCUT2D eigenvalue weighted by molar-refractivity contribution is 5.34. The summed E-state index contributed by atoms with van der Waals surface area (Å²) in [6.45, 7) is 7.99. The normalized spacial score (nSPS) is 15.3. The Kier molecular flexibility index (Phi) is 6.92. The number of piperidine rings is 1. The number of hydrogen-bond acceptors (Lipinski definition) is 7. The van der Waals surface area contributed by atoms with Crippen LogP contribution in [0.3, 0.4) is 0 Å². The number of benzene rings is 1. The molecule has 1 aliphatic rings. The molecular weight excluding hydrogens is 356 g/mol. The molecule has 2 heterocycles. The maximum atomic E-state index is 6.17. The van der Waals surface area contributed by atoms with Crippen molar-refractivity contribution in [3.63, 3.8) is 0 Å². The van der Waals surface area contributed by atoms with Crippen molar-refractivity contribution in [3.05, 3.63) is 35.4 Å². The van der Waals surface area contributed by atoms with Gasteiger partial charge in [-0.15, -0.1) is 0 Å². The predicted molar refractivity (Wildman–Crippen MR) is 110 cm³/mol. The second-order valence-electron chi connectivity index (χ2n) is 7.11. The molecule has 1 aromatic carbocycles. The van der Waals surface area contributed by atoms with E-state index in [9.17, 15) is 0 Å². The molecule has 0 spiro atoms. The molecule has 0 atom stereocenters. The molecule has 7 heteroatoms. The third-order valence-corrected chi connectivity index (χ3v) is 5.12. The number of likely N-dealkylation sites (tertiary alicyclic amines) is 1. The Morgan fingerprint density at radius 1 is 1.00 bits per heavy atom. The Hall–Kier alpha value is -2.54. The molecule has 1 aliphatic heterocycles. The summed E-state index contributed by atoms with van der Waals surface area (Å²) in [5.41, 5.74) is 2.57. The minimum Gasteiger partial charge on any atom is -0.490 e. The lowest BCUT2D eigenvalue weighted by Crippen LogP contribution is -2.40. The van der Waals surface area contributed by atoms with Crippen LogP contribution in [0.1, 0.15) is 24.0 Å². The molecule has 152 valence electrons. The van der Waals surface area contributed by atoms with E-state index in [1.807, 2.05) is 0 Å². The molecule has 0 bridgehead atoms. The predicted octanol–water partition coefficient (Wildman–Crippen LogP) is 3.07. The van der Waals surface area contributed by atoms with Gasteiger partial charge >= 0.3 is 0 Å². The zero-order chi connectivity index (χ0) is 19.9. The Labute approximate surface area is 167 Å². The average molecular weight is 386 g/mol. The number of methoxy groups -OCH3 is 2. The summed E-state index contributed by atoms with van der Waals surface area (Å²) in [7, 11) is 3.16. The number of rotatable bonds is 8. The number of nitrogens with one attached hydrogen (secondary N) is 1. The molecule has 1 N–H and O–H groups in total. The largest absolute Gasteiger partial charge is 0.490 e. The average Bonchev–Trinajstić information content (AvgIpc) is 2.71. The lowest BCUT2D eigenvalue weighted by atomic mass is 10.1. The molecule has 3 rings (SSSR count). The molecule has 1 aromatic heterocycles. The van der Waals surface area contributed by atoms with Crippen LogP contribution >= 0.6 is 0 Å². The first-order valence-electron chi connectivity index (χ1n) is 9.74. The first-order valence-corrected chi connectivity index (χ1v) is 9.74. The van der Waals surface area contributed by atoms with Gasteiger partial charge in [-0.1, -0.05) is 6.07 Å². The molecule has 1 saturated heterocycles. The quantitative estimate of drug-likeness (QED) is 0.748. The SMILES string of the molecule is COc1cc(OC)nc(NCCN2CCC(Oc3ccc(C)c(C)c3)CC2)n1. The van der Waals surface area contributed by atoms with Crippen molar-refractivity contribution in [2.75, 3.05) is 45.7 Å². The fourth-order valence-electron chi connectivity index (χ4n) is 3.25. The van der Waals surface area contributed by atoms with Gasteiger partial charge < -0.3 is 24.4 Å². The minimum absolute atomic E-state index is 0.289. The summed E-state index contributed by atoms with van der Waals surface area (Å²) < 4.78 is 16.5. The first kappa shape index (κ1) is 20.2. The van der Waals surface area contributed by atoms with Gasteiger partial charge in [-0.2, -0.15) is 9.97 Å². The lowest BCUT2D eigenvalue weighted by molar-refractivity contribution is 0.103. The van der Waals surface area contributed by atoms with Crippen LogP contribution in [0.25, 0.3) is 0 Å². The van der Waals surface area contributed by atoms with Crippen molar-refractivity contribution in [1.82, 2.24) is 14.9 Å². The van der Waals surface area contributed by atoms with Crippen LogP contribution in [0.4, 0.5) is 5.95 Å². The zero-order valence-electron chi connectivity index (χ0n) is 17.2. The number of ether oxygens (including phenoxy) is 3. The summed E-state index contributed by atoms with van der Waals surface area (Å²) in [6.07, 6.45) is 2.37. The van der Waals surface area contributed by atoms with Crippen molar-refractivity contribution in [2.24, 2.45) is 0 Å². The summed E-state index contributed by atoms with van der Waals surface area (Å²) >= 11 is 0. The highest BCUT2D eigenvalue weighted by Crippen LogP contribution is 2.22. The summed E-state index contributed by atoms with van der Waals surface area (Å²) in [5, 5.41) is 3.25. The van der Waals surface area contributed by atoms with E-state index < -0.39 is 0 Å². The topological polar surface area (TPSA) is 68.7 Å². The third-order valence-electron chi connectivity index (χ3n) is 5.12. The Morgan fingerprint density at radius 2 is 1.68 bits per heavy atom. The van der Waals surface area contributed by atoms with Gasteiger partial charge in [0, 0.05) is 26.2 Å². The van der Waals surface area contributed by atoms with Crippen LogP contribution in [0.5, 0.6) is 17.5 Å². The molecule has 0 amide bonds. The van der Waals surface area contributed by atoms with Crippen LogP contribution in [-0.2, 0) is 0 Å². The maximum Gasteiger partial charge on any atom is 0.229 e. The highest BCUT2D eigenvalue weighted by Gasteiger charge is 2.20. The Balaban J connectivity index is 1.41. The van der Waals surface area contributed by atoms with E-state index in [0.717, 1.165) is 44.8 Å². The van der Waals surface area contributed by atoms with E-state index in [4.69, 9.17) is 14.2 Å². The monoisotopic (exact) mass is 386 g/mol. The zero-order valence-corrected chi connectivity index (χ0v) is 17.2. The molecule has 0 saturated carbocycles. The minimum atomic E-state index is 0.289. The van der Waals surface area contributed by atoms with Gasteiger partial charge in [0.05, 0.1) is 20.3 Å². The highest BCUT2D eigenvalue weighted by atomic mass is 16.5. The van der Waals surface area contributed by atoms with Crippen molar-refractivity contribution in [3.8, 4) is 17.5 Å². The van der Waals surface area contributed by atoms with Gasteiger partial charge in [-0.3, -0.25) is 0 Å². The van der Waals surface area contributed by atoms with E-state index in [2.05, 4.69) is 52.2 Å². The van der Waals surface area contributed by atoms with Gasteiger partial charge in [0.2, 0.25) is 17.7 Å². The summed E-state index contributed by atoms with van der Waals surface area (Å²) in [6, 6.07) is 7.99. The summed E-state index contributed by atoms with van der Waals surface area (Å²) in [5.74, 6) is 2.47. The number of aromatic nitrogens is 2. The van der Waals surface area contributed by atoms with E-state index in [1.54, 1.807) is 20.3 Å². The van der Waals surface area contributed by atoms with Crippen LogP contribution < -0.4 is 19.5 Å². The molecule has 1 fully saturated rings. The fourth-order valence-corrected chi connectivity index (χ4v) is 3.25. The smallest absolute Gasteiger partial charge is 0.229 e. The van der Waals surface area contributed by atoms with Crippen molar-refractivity contribution < 1.29 is 14.2 Å². The Morgan fingerprint density at radius 3 is 2.29 bits per heavy atom. The molecular formula is C21H30N4O3. The number of nitrogens with zero attached hydrogens (tertiary/aromatic N) is 3. The van der Waals surface area contributed by atoms with Crippen LogP contribution in [0.2, 0.25) is 0 Å².